The number of nitrogens with zero attached hydrogens (tertiary/aromatic N) is 1. The van der Waals surface area contributed by atoms with E-state index < -0.39 is 6.16 Å². The van der Waals surface area contributed by atoms with Gasteiger partial charge in [0, 0.05) is 26.7 Å². The standard InChI is InChI=1S/C28H57NO4/c1-6-8-10-12-14-16-19-26(20-17-15-13-11-9-7-2)25-27(21-24-31-5)33-28(30)32-23-18-22-29(3)4/h26-27H,6-25H2,1-5H3. The molecule has 0 aliphatic heterocycles. The summed E-state index contributed by atoms with van der Waals surface area (Å²) in [7, 11) is 5.75. The summed E-state index contributed by atoms with van der Waals surface area (Å²) >= 11 is 0. The summed E-state index contributed by atoms with van der Waals surface area (Å²) in [5.41, 5.74) is 0. The van der Waals surface area contributed by atoms with Crippen LogP contribution in [0.25, 0.3) is 0 Å². The van der Waals surface area contributed by atoms with Crippen molar-refractivity contribution in [3.05, 3.63) is 0 Å². The van der Waals surface area contributed by atoms with E-state index in [9.17, 15) is 4.79 Å². The van der Waals surface area contributed by atoms with Crippen LogP contribution >= 0.6 is 0 Å². The number of carbonyl (C=O) groups is 1. The van der Waals surface area contributed by atoms with Crippen molar-refractivity contribution >= 4 is 6.16 Å². The minimum Gasteiger partial charge on any atom is -0.434 e. The molecule has 0 N–H and O–H groups in total. The topological polar surface area (TPSA) is 48.0 Å². The number of unbranched alkanes of at least 4 members (excludes halogenated alkanes) is 10. The van der Waals surface area contributed by atoms with E-state index in [1.165, 1.54) is 89.9 Å². The fourth-order valence-corrected chi connectivity index (χ4v) is 4.36. The van der Waals surface area contributed by atoms with Crippen molar-refractivity contribution in [2.24, 2.45) is 5.92 Å². The van der Waals surface area contributed by atoms with Gasteiger partial charge in [-0.1, -0.05) is 104 Å². The molecule has 0 bridgehead atoms. The predicted molar refractivity (Wildman–Crippen MR) is 140 cm³/mol. The molecule has 0 saturated carbocycles. The molecule has 0 aromatic rings. The second-order valence-corrected chi connectivity index (χ2v) is 9.99. The molecule has 33 heavy (non-hydrogen) atoms. The first-order valence-electron chi connectivity index (χ1n) is 14.0. The van der Waals surface area contributed by atoms with Crippen LogP contribution in [-0.2, 0) is 14.2 Å². The Kier molecular flexibility index (Phi) is 23.7. The summed E-state index contributed by atoms with van der Waals surface area (Å²) in [6.45, 7) is 6.46. The molecule has 198 valence electrons. The monoisotopic (exact) mass is 471 g/mol. The van der Waals surface area contributed by atoms with Crippen LogP contribution in [0, 0.1) is 5.92 Å². The zero-order valence-electron chi connectivity index (χ0n) is 22.9. The highest BCUT2D eigenvalue weighted by atomic mass is 16.7. The van der Waals surface area contributed by atoms with E-state index in [1.54, 1.807) is 7.11 Å². The van der Waals surface area contributed by atoms with Crippen molar-refractivity contribution in [1.82, 2.24) is 4.90 Å². The molecule has 0 rings (SSSR count). The summed E-state index contributed by atoms with van der Waals surface area (Å²) in [6, 6.07) is 0. The zero-order valence-corrected chi connectivity index (χ0v) is 22.9. The van der Waals surface area contributed by atoms with E-state index in [0.29, 0.717) is 19.1 Å². The molecule has 0 aliphatic rings. The van der Waals surface area contributed by atoms with Gasteiger partial charge in [0.15, 0.2) is 0 Å². The average molecular weight is 472 g/mol. The van der Waals surface area contributed by atoms with Gasteiger partial charge in [-0.2, -0.15) is 0 Å². The van der Waals surface area contributed by atoms with Crippen molar-refractivity contribution in [2.75, 3.05) is 41.0 Å². The molecule has 0 heterocycles. The molecule has 1 unspecified atom stereocenters. The van der Waals surface area contributed by atoms with E-state index in [2.05, 4.69) is 18.7 Å². The summed E-state index contributed by atoms with van der Waals surface area (Å²) in [5.74, 6) is 0.616. The van der Waals surface area contributed by atoms with Gasteiger partial charge < -0.3 is 19.1 Å². The number of methoxy groups -OCH3 is 1. The molecule has 0 aliphatic carbocycles. The molecule has 1 atom stereocenters. The fraction of sp³-hybridized carbons (Fsp3) is 0.964. The number of hydrogen-bond acceptors (Lipinski definition) is 5. The van der Waals surface area contributed by atoms with Crippen LogP contribution < -0.4 is 0 Å². The van der Waals surface area contributed by atoms with E-state index in [1.807, 2.05) is 14.1 Å². The highest BCUT2D eigenvalue weighted by molar-refractivity contribution is 5.60. The van der Waals surface area contributed by atoms with Crippen LogP contribution in [0.2, 0.25) is 0 Å². The summed E-state index contributed by atoms with van der Waals surface area (Å²) in [6.07, 6.45) is 20.3. The number of rotatable bonds is 24. The van der Waals surface area contributed by atoms with E-state index >= 15 is 0 Å². The lowest BCUT2D eigenvalue weighted by atomic mass is 9.88. The van der Waals surface area contributed by atoms with Gasteiger partial charge >= 0.3 is 6.16 Å². The van der Waals surface area contributed by atoms with E-state index in [0.717, 1.165) is 25.8 Å². The summed E-state index contributed by atoms with van der Waals surface area (Å²) in [5, 5.41) is 0. The van der Waals surface area contributed by atoms with Crippen molar-refractivity contribution in [3.8, 4) is 0 Å². The molecule has 0 radical (unpaired) electrons. The van der Waals surface area contributed by atoms with E-state index in [4.69, 9.17) is 14.2 Å². The SMILES string of the molecule is CCCCCCCCC(CCCCCCCC)CC(CCOC)OC(=O)OCCCN(C)C. The average Bonchev–Trinajstić information content (AvgIpc) is 2.79. The minimum atomic E-state index is -0.521. The predicted octanol–water partition coefficient (Wildman–Crippen LogP) is 8.00. The number of carbonyl (C=O) groups excluding carboxylic acids is 1. The van der Waals surface area contributed by atoms with Gasteiger partial charge in [-0.3, -0.25) is 0 Å². The molecule has 0 spiro atoms. The third-order valence-electron chi connectivity index (χ3n) is 6.40. The van der Waals surface area contributed by atoms with Crippen LogP contribution in [-0.4, -0.2) is 58.1 Å². The Morgan fingerprint density at radius 2 is 1.27 bits per heavy atom. The Balaban J connectivity index is 4.59. The molecule has 0 saturated heterocycles. The number of hydrogen-bond donors (Lipinski definition) is 0. The molecular weight excluding hydrogens is 414 g/mol. The fourth-order valence-electron chi connectivity index (χ4n) is 4.36. The Labute approximate surface area is 206 Å². The Hall–Kier alpha value is -0.810. The van der Waals surface area contributed by atoms with Gasteiger partial charge in [-0.15, -0.1) is 0 Å². The molecule has 0 amide bonds. The first kappa shape index (κ1) is 32.2. The van der Waals surface area contributed by atoms with Gasteiger partial charge in [0.1, 0.15) is 6.10 Å². The molecule has 0 fully saturated rings. The zero-order chi connectivity index (χ0) is 24.6. The van der Waals surface area contributed by atoms with Crippen molar-refractivity contribution in [2.45, 2.75) is 129 Å². The van der Waals surface area contributed by atoms with Crippen molar-refractivity contribution < 1.29 is 19.0 Å². The second-order valence-electron chi connectivity index (χ2n) is 9.99. The third-order valence-corrected chi connectivity index (χ3v) is 6.40. The van der Waals surface area contributed by atoms with Crippen molar-refractivity contribution in [3.63, 3.8) is 0 Å². The quantitative estimate of drug-likeness (QED) is 0.105. The lowest BCUT2D eigenvalue weighted by Crippen LogP contribution is -2.24. The first-order valence-corrected chi connectivity index (χ1v) is 14.0. The molecule has 5 heteroatoms. The van der Waals surface area contributed by atoms with Crippen LogP contribution in [0.5, 0.6) is 0 Å². The summed E-state index contributed by atoms with van der Waals surface area (Å²) < 4.78 is 16.4. The maximum absolute atomic E-state index is 12.3. The molecule has 0 aromatic carbocycles. The molecular formula is C28H57NO4. The van der Waals surface area contributed by atoms with Gasteiger partial charge in [-0.25, -0.2) is 4.79 Å². The lowest BCUT2D eigenvalue weighted by Gasteiger charge is -2.24. The van der Waals surface area contributed by atoms with Gasteiger partial charge in [-0.05, 0) is 32.9 Å². The smallest absolute Gasteiger partial charge is 0.434 e. The van der Waals surface area contributed by atoms with Crippen LogP contribution in [0.15, 0.2) is 0 Å². The second kappa shape index (κ2) is 24.3. The highest BCUT2D eigenvalue weighted by Gasteiger charge is 2.21. The van der Waals surface area contributed by atoms with Gasteiger partial charge in [0.05, 0.1) is 6.61 Å². The maximum atomic E-state index is 12.3. The van der Waals surface area contributed by atoms with Crippen LogP contribution in [0.1, 0.15) is 123 Å². The lowest BCUT2D eigenvalue weighted by molar-refractivity contribution is 0.00205. The largest absolute Gasteiger partial charge is 0.508 e. The van der Waals surface area contributed by atoms with Gasteiger partial charge in [0.25, 0.3) is 0 Å². The summed E-state index contributed by atoms with van der Waals surface area (Å²) in [4.78, 5) is 14.4. The van der Waals surface area contributed by atoms with Crippen molar-refractivity contribution in [1.29, 1.82) is 0 Å². The molecule has 5 nitrogen and oxygen atoms in total. The Morgan fingerprint density at radius 3 is 1.79 bits per heavy atom. The molecule has 0 aromatic heterocycles. The highest BCUT2D eigenvalue weighted by Crippen LogP contribution is 2.26. The Morgan fingerprint density at radius 1 is 0.727 bits per heavy atom. The number of ether oxygens (including phenoxy) is 3. The van der Waals surface area contributed by atoms with Crippen LogP contribution in [0.3, 0.4) is 0 Å². The van der Waals surface area contributed by atoms with E-state index in [-0.39, 0.29) is 6.10 Å². The minimum absolute atomic E-state index is 0.114. The first-order chi connectivity index (χ1) is 16.0. The Bertz CT molecular complexity index is 401. The maximum Gasteiger partial charge on any atom is 0.508 e. The third kappa shape index (κ3) is 22.7. The van der Waals surface area contributed by atoms with Gasteiger partial charge in [0.2, 0.25) is 0 Å². The normalized spacial score (nSPS) is 12.5. The van der Waals surface area contributed by atoms with Crippen LogP contribution in [0.4, 0.5) is 4.79 Å².